The Bertz CT molecular complexity index is 381. The molecule has 0 aliphatic carbocycles. The van der Waals surface area contributed by atoms with Crippen LogP contribution in [0.3, 0.4) is 0 Å². The van der Waals surface area contributed by atoms with Gasteiger partial charge in [-0.2, -0.15) is 0 Å². The summed E-state index contributed by atoms with van der Waals surface area (Å²) in [5.41, 5.74) is 2.90. The molecule has 0 spiro atoms. The number of hydrogen-bond acceptors (Lipinski definition) is 2. The second-order valence-corrected chi connectivity index (χ2v) is 6.42. The molecule has 120 valence electrons. The van der Waals surface area contributed by atoms with E-state index in [4.69, 9.17) is 0 Å². The molecule has 0 atom stereocenters. The van der Waals surface area contributed by atoms with Gasteiger partial charge in [-0.1, -0.05) is 45.0 Å². The quantitative estimate of drug-likeness (QED) is 0.852. The maximum Gasteiger partial charge on any atom is 0.0233 e. The van der Waals surface area contributed by atoms with Gasteiger partial charge in [-0.15, -0.1) is 12.4 Å². The normalized spacial score (nSPS) is 17.0. The summed E-state index contributed by atoms with van der Waals surface area (Å²) in [4.78, 5) is 2.60. The Hall–Kier alpha value is -0.570. The molecule has 1 aliphatic heterocycles. The molecule has 2 nitrogen and oxygen atoms in total. The van der Waals surface area contributed by atoms with Gasteiger partial charge >= 0.3 is 0 Å². The lowest BCUT2D eigenvalue weighted by Gasteiger charge is -2.32. The van der Waals surface area contributed by atoms with Crippen LogP contribution in [0.15, 0.2) is 24.3 Å². The van der Waals surface area contributed by atoms with E-state index in [0.29, 0.717) is 5.92 Å². The first kappa shape index (κ1) is 18.5. The molecule has 0 bridgehead atoms. The van der Waals surface area contributed by atoms with Crippen molar-refractivity contribution in [2.75, 3.05) is 26.2 Å². The van der Waals surface area contributed by atoms with Crippen molar-refractivity contribution in [2.45, 2.75) is 46.1 Å². The first-order valence-corrected chi connectivity index (χ1v) is 8.21. The molecule has 0 amide bonds. The molecule has 21 heavy (non-hydrogen) atoms. The number of nitrogens with zero attached hydrogens (tertiary/aromatic N) is 1. The SMILES string of the molecule is CCNCC1CCN(Cc2ccc(C(C)C)cc2)CC1.Cl. The van der Waals surface area contributed by atoms with Crippen LogP contribution in [0.1, 0.15) is 50.7 Å². The first-order valence-electron chi connectivity index (χ1n) is 8.21. The van der Waals surface area contributed by atoms with Gasteiger partial charge in [0.15, 0.2) is 0 Å². The van der Waals surface area contributed by atoms with E-state index in [2.05, 4.69) is 55.3 Å². The fraction of sp³-hybridized carbons (Fsp3) is 0.667. The highest BCUT2D eigenvalue weighted by atomic mass is 35.5. The van der Waals surface area contributed by atoms with Crippen molar-refractivity contribution < 1.29 is 0 Å². The van der Waals surface area contributed by atoms with E-state index in [-0.39, 0.29) is 12.4 Å². The van der Waals surface area contributed by atoms with Gasteiger partial charge in [0.1, 0.15) is 0 Å². The van der Waals surface area contributed by atoms with E-state index in [1.165, 1.54) is 43.6 Å². The maximum absolute atomic E-state index is 3.48. The summed E-state index contributed by atoms with van der Waals surface area (Å²) in [5, 5.41) is 3.48. The summed E-state index contributed by atoms with van der Waals surface area (Å²) in [6, 6.07) is 9.19. The van der Waals surface area contributed by atoms with Crippen molar-refractivity contribution in [3.05, 3.63) is 35.4 Å². The zero-order chi connectivity index (χ0) is 14.4. The van der Waals surface area contributed by atoms with Crippen LogP contribution in [-0.2, 0) is 6.54 Å². The van der Waals surface area contributed by atoms with Crippen molar-refractivity contribution in [3.63, 3.8) is 0 Å². The summed E-state index contributed by atoms with van der Waals surface area (Å²) in [5.74, 6) is 1.51. The first-order chi connectivity index (χ1) is 9.69. The van der Waals surface area contributed by atoms with E-state index in [9.17, 15) is 0 Å². The van der Waals surface area contributed by atoms with Crippen LogP contribution in [0.5, 0.6) is 0 Å². The molecule has 3 heteroatoms. The molecule has 1 saturated heterocycles. The molecule has 0 radical (unpaired) electrons. The number of likely N-dealkylation sites (tertiary alicyclic amines) is 1. The van der Waals surface area contributed by atoms with Crippen LogP contribution in [0.25, 0.3) is 0 Å². The van der Waals surface area contributed by atoms with E-state index in [1.807, 2.05) is 0 Å². The van der Waals surface area contributed by atoms with Crippen LogP contribution in [0, 0.1) is 5.92 Å². The number of nitrogens with one attached hydrogen (secondary N) is 1. The third-order valence-corrected chi connectivity index (χ3v) is 4.44. The maximum atomic E-state index is 3.48. The van der Waals surface area contributed by atoms with Crippen LogP contribution in [0.2, 0.25) is 0 Å². The highest BCUT2D eigenvalue weighted by molar-refractivity contribution is 5.85. The van der Waals surface area contributed by atoms with E-state index < -0.39 is 0 Å². The molecule has 1 fully saturated rings. The summed E-state index contributed by atoms with van der Waals surface area (Å²) in [6.07, 6.45) is 2.69. The van der Waals surface area contributed by atoms with Crippen LogP contribution in [0.4, 0.5) is 0 Å². The molecule has 0 saturated carbocycles. The van der Waals surface area contributed by atoms with E-state index in [0.717, 1.165) is 19.0 Å². The number of piperidine rings is 1. The van der Waals surface area contributed by atoms with Crippen LogP contribution < -0.4 is 5.32 Å². The Kier molecular flexibility index (Phi) is 8.31. The highest BCUT2D eigenvalue weighted by Crippen LogP contribution is 2.20. The predicted molar refractivity (Wildman–Crippen MR) is 94.3 cm³/mol. The van der Waals surface area contributed by atoms with Gasteiger partial charge in [-0.3, -0.25) is 4.90 Å². The third kappa shape index (κ3) is 5.98. The minimum atomic E-state index is 0. The highest BCUT2D eigenvalue weighted by Gasteiger charge is 2.18. The zero-order valence-electron chi connectivity index (χ0n) is 13.8. The molecule has 1 aromatic carbocycles. The second kappa shape index (κ2) is 9.45. The molecular formula is C18H31ClN2. The van der Waals surface area contributed by atoms with Gasteiger partial charge < -0.3 is 5.32 Å². The average molecular weight is 311 g/mol. The molecule has 1 aliphatic rings. The summed E-state index contributed by atoms with van der Waals surface area (Å²) in [6.45, 7) is 12.6. The monoisotopic (exact) mass is 310 g/mol. The van der Waals surface area contributed by atoms with Crippen molar-refractivity contribution in [1.82, 2.24) is 10.2 Å². The van der Waals surface area contributed by atoms with Gasteiger partial charge in [0.2, 0.25) is 0 Å². The molecule has 0 aromatic heterocycles. The van der Waals surface area contributed by atoms with Crippen molar-refractivity contribution >= 4 is 12.4 Å². The Labute approximate surface area is 136 Å². The average Bonchev–Trinajstić information content (AvgIpc) is 2.47. The lowest BCUT2D eigenvalue weighted by atomic mass is 9.96. The second-order valence-electron chi connectivity index (χ2n) is 6.42. The Morgan fingerprint density at radius 1 is 1.14 bits per heavy atom. The molecule has 2 rings (SSSR count). The van der Waals surface area contributed by atoms with Crippen LogP contribution in [-0.4, -0.2) is 31.1 Å². The van der Waals surface area contributed by atoms with Gasteiger partial charge in [0, 0.05) is 6.54 Å². The topological polar surface area (TPSA) is 15.3 Å². The molecule has 1 N–H and O–H groups in total. The van der Waals surface area contributed by atoms with Crippen molar-refractivity contribution in [1.29, 1.82) is 0 Å². The number of hydrogen-bond donors (Lipinski definition) is 1. The standard InChI is InChI=1S/C18H30N2.ClH/c1-4-19-13-16-9-11-20(12-10-16)14-17-5-7-18(8-6-17)15(2)3;/h5-8,15-16,19H,4,9-14H2,1-3H3;1H. The van der Waals surface area contributed by atoms with Gasteiger partial charge in [0.25, 0.3) is 0 Å². The summed E-state index contributed by atoms with van der Waals surface area (Å²) < 4.78 is 0. The fourth-order valence-corrected chi connectivity index (χ4v) is 2.96. The predicted octanol–water partition coefficient (Wildman–Crippen LogP) is 4.05. The summed E-state index contributed by atoms with van der Waals surface area (Å²) in [7, 11) is 0. The largest absolute Gasteiger partial charge is 0.317 e. The molecular weight excluding hydrogens is 280 g/mol. The number of benzene rings is 1. The zero-order valence-corrected chi connectivity index (χ0v) is 14.6. The minimum Gasteiger partial charge on any atom is -0.317 e. The lowest BCUT2D eigenvalue weighted by Crippen LogP contribution is -2.36. The number of rotatable bonds is 6. The Morgan fingerprint density at radius 2 is 1.76 bits per heavy atom. The van der Waals surface area contributed by atoms with Crippen molar-refractivity contribution in [2.24, 2.45) is 5.92 Å². The van der Waals surface area contributed by atoms with Gasteiger partial charge in [-0.05, 0) is 62.0 Å². The molecule has 1 heterocycles. The van der Waals surface area contributed by atoms with Gasteiger partial charge in [0.05, 0.1) is 0 Å². The van der Waals surface area contributed by atoms with E-state index >= 15 is 0 Å². The van der Waals surface area contributed by atoms with Crippen molar-refractivity contribution in [3.8, 4) is 0 Å². The minimum absolute atomic E-state index is 0. The lowest BCUT2D eigenvalue weighted by molar-refractivity contribution is 0.176. The Balaban J connectivity index is 0.00000220. The summed E-state index contributed by atoms with van der Waals surface area (Å²) >= 11 is 0. The van der Waals surface area contributed by atoms with Crippen LogP contribution >= 0.6 is 12.4 Å². The molecule has 0 unspecified atom stereocenters. The van der Waals surface area contributed by atoms with Gasteiger partial charge in [-0.25, -0.2) is 0 Å². The Morgan fingerprint density at radius 3 is 2.29 bits per heavy atom. The van der Waals surface area contributed by atoms with E-state index in [1.54, 1.807) is 0 Å². The number of halogens is 1. The molecule has 1 aromatic rings. The smallest absolute Gasteiger partial charge is 0.0233 e. The third-order valence-electron chi connectivity index (χ3n) is 4.44. The fourth-order valence-electron chi connectivity index (χ4n) is 2.96.